The van der Waals surface area contributed by atoms with E-state index < -0.39 is 4.92 Å². The van der Waals surface area contributed by atoms with E-state index in [1.807, 2.05) is 0 Å². The number of nitro groups is 1. The Kier molecular flexibility index (Phi) is 3.97. The minimum absolute atomic E-state index is 0.125. The quantitative estimate of drug-likeness (QED) is 0.471. The third-order valence-corrected chi connectivity index (χ3v) is 3.31. The van der Waals surface area contributed by atoms with Crippen molar-refractivity contribution >= 4 is 17.6 Å². The van der Waals surface area contributed by atoms with Crippen LogP contribution in [-0.4, -0.2) is 41.9 Å². The predicted molar refractivity (Wildman–Crippen MR) is 69.1 cm³/mol. The molecule has 0 saturated carbocycles. The molecule has 1 aliphatic rings. The molecule has 1 unspecified atom stereocenters. The number of non-ortho nitro benzene ring substituents is 1. The first-order chi connectivity index (χ1) is 9.52. The van der Waals surface area contributed by atoms with Crippen LogP contribution < -0.4 is 0 Å². The van der Waals surface area contributed by atoms with Crippen molar-refractivity contribution in [2.24, 2.45) is 5.92 Å². The maximum absolute atomic E-state index is 12.2. The van der Waals surface area contributed by atoms with Crippen molar-refractivity contribution < 1.29 is 19.2 Å². The zero-order chi connectivity index (χ0) is 14.7. The Morgan fingerprint density at radius 3 is 2.85 bits per heavy atom. The monoisotopic (exact) mass is 278 g/mol. The third-order valence-electron chi connectivity index (χ3n) is 3.31. The van der Waals surface area contributed by atoms with E-state index in [0.29, 0.717) is 13.0 Å². The first-order valence-electron chi connectivity index (χ1n) is 6.14. The molecule has 1 heterocycles. The summed E-state index contributed by atoms with van der Waals surface area (Å²) in [4.78, 5) is 35.3. The third kappa shape index (κ3) is 2.76. The molecule has 1 saturated heterocycles. The average molecular weight is 278 g/mol. The molecule has 7 nitrogen and oxygen atoms in total. The van der Waals surface area contributed by atoms with Crippen LogP contribution in [0.4, 0.5) is 5.69 Å². The number of ether oxygens (including phenoxy) is 1. The van der Waals surface area contributed by atoms with Gasteiger partial charge in [0.15, 0.2) is 0 Å². The van der Waals surface area contributed by atoms with Crippen molar-refractivity contribution in [3.63, 3.8) is 0 Å². The van der Waals surface area contributed by atoms with Crippen LogP contribution >= 0.6 is 0 Å². The molecule has 1 aromatic carbocycles. The summed E-state index contributed by atoms with van der Waals surface area (Å²) in [6, 6.07) is 5.58. The van der Waals surface area contributed by atoms with Crippen molar-refractivity contribution in [3.8, 4) is 0 Å². The smallest absolute Gasteiger partial charge is 0.310 e. The van der Waals surface area contributed by atoms with Gasteiger partial charge in [-0.1, -0.05) is 6.07 Å². The van der Waals surface area contributed by atoms with Crippen molar-refractivity contribution in [2.45, 2.75) is 6.42 Å². The SMILES string of the molecule is COC(=O)C1CCN(C(=O)c2cccc([N+](=O)[O-])c2)C1. The number of benzene rings is 1. The van der Waals surface area contributed by atoms with Crippen molar-refractivity contribution in [3.05, 3.63) is 39.9 Å². The minimum Gasteiger partial charge on any atom is -0.469 e. The van der Waals surface area contributed by atoms with Gasteiger partial charge < -0.3 is 9.64 Å². The van der Waals surface area contributed by atoms with Crippen LogP contribution in [0.5, 0.6) is 0 Å². The van der Waals surface area contributed by atoms with Gasteiger partial charge in [-0.25, -0.2) is 0 Å². The fourth-order valence-corrected chi connectivity index (χ4v) is 2.24. The molecular formula is C13H14N2O5. The molecule has 0 radical (unpaired) electrons. The van der Waals surface area contributed by atoms with Crippen LogP contribution in [0.3, 0.4) is 0 Å². The predicted octanol–water partition coefficient (Wildman–Crippen LogP) is 1.23. The molecule has 1 fully saturated rings. The Balaban J connectivity index is 2.11. The second-order valence-electron chi connectivity index (χ2n) is 4.57. The lowest BCUT2D eigenvalue weighted by atomic mass is 10.1. The maximum atomic E-state index is 12.2. The molecule has 0 bridgehead atoms. The number of nitrogens with zero attached hydrogens (tertiary/aromatic N) is 2. The summed E-state index contributed by atoms with van der Waals surface area (Å²) in [6.45, 7) is 0.732. The Labute approximate surface area is 115 Å². The molecule has 7 heteroatoms. The van der Waals surface area contributed by atoms with E-state index in [2.05, 4.69) is 4.74 Å². The number of amides is 1. The second-order valence-corrected chi connectivity index (χ2v) is 4.57. The van der Waals surface area contributed by atoms with E-state index in [4.69, 9.17) is 0 Å². The zero-order valence-electron chi connectivity index (χ0n) is 10.9. The van der Waals surface area contributed by atoms with E-state index in [1.54, 1.807) is 0 Å². The molecule has 1 aliphatic heterocycles. The number of hydrogen-bond acceptors (Lipinski definition) is 5. The lowest BCUT2D eigenvalue weighted by Gasteiger charge is -2.15. The highest BCUT2D eigenvalue weighted by atomic mass is 16.6. The normalized spacial score (nSPS) is 17.9. The molecule has 0 aliphatic carbocycles. The van der Waals surface area contributed by atoms with Crippen LogP contribution in [-0.2, 0) is 9.53 Å². The summed E-state index contributed by atoms with van der Waals surface area (Å²) in [5.74, 6) is -0.956. The van der Waals surface area contributed by atoms with E-state index in [0.717, 1.165) is 0 Å². The van der Waals surface area contributed by atoms with Crippen LogP contribution in [0.1, 0.15) is 16.8 Å². The largest absolute Gasteiger partial charge is 0.469 e. The molecule has 1 amide bonds. The van der Waals surface area contributed by atoms with Gasteiger partial charge in [0.05, 0.1) is 18.0 Å². The highest BCUT2D eigenvalue weighted by Gasteiger charge is 2.32. The number of rotatable bonds is 3. The van der Waals surface area contributed by atoms with Gasteiger partial charge in [-0.2, -0.15) is 0 Å². The average Bonchev–Trinajstić information content (AvgIpc) is 2.95. The summed E-state index contributed by atoms with van der Waals surface area (Å²) < 4.78 is 4.65. The van der Waals surface area contributed by atoms with Gasteiger partial charge >= 0.3 is 5.97 Å². The minimum atomic E-state index is -0.544. The number of esters is 1. The molecule has 0 aromatic heterocycles. The van der Waals surface area contributed by atoms with Crippen LogP contribution in [0, 0.1) is 16.0 Å². The Morgan fingerprint density at radius 2 is 2.20 bits per heavy atom. The van der Waals surface area contributed by atoms with Crippen molar-refractivity contribution in [1.82, 2.24) is 4.90 Å². The molecular weight excluding hydrogens is 264 g/mol. The molecule has 0 N–H and O–H groups in total. The maximum Gasteiger partial charge on any atom is 0.310 e. The van der Waals surface area contributed by atoms with Gasteiger partial charge in [-0.05, 0) is 12.5 Å². The number of carbonyl (C=O) groups is 2. The number of methoxy groups -OCH3 is 1. The van der Waals surface area contributed by atoms with Crippen molar-refractivity contribution in [2.75, 3.05) is 20.2 Å². The second kappa shape index (κ2) is 5.68. The van der Waals surface area contributed by atoms with E-state index >= 15 is 0 Å². The van der Waals surface area contributed by atoms with Gasteiger partial charge in [0.25, 0.3) is 11.6 Å². The van der Waals surface area contributed by atoms with Gasteiger partial charge in [0.2, 0.25) is 0 Å². The molecule has 106 valence electrons. The van der Waals surface area contributed by atoms with Gasteiger partial charge in [0.1, 0.15) is 0 Å². The summed E-state index contributed by atoms with van der Waals surface area (Å²) in [5.41, 5.74) is 0.129. The van der Waals surface area contributed by atoms with Crippen molar-refractivity contribution in [1.29, 1.82) is 0 Å². The highest BCUT2D eigenvalue weighted by molar-refractivity contribution is 5.95. The Bertz CT molecular complexity index is 557. The van der Waals surface area contributed by atoms with Crippen LogP contribution in [0.2, 0.25) is 0 Å². The van der Waals surface area contributed by atoms with E-state index in [1.165, 1.54) is 36.3 Å². The van der Waals surface area contributed by atoms with Gasteiger partial charge in [-0.15, -0.1) is 0 Å². The fourth-order valence-electron chi connectivity index (χ4n) is 2.24. The van der Waals surface area contributed by atoms with Gasteiger partial charge in [0, 0.05) is 30.8 Å². The Morgan fingerprint density at radius 1 is 1.45 bits per heavy atom. The van der Waals surface area contributed by atoms with E-state index in [9.17, 15) is 19.7 Å². The first kappa shape index (κ1) is 14.0. The Hall–Kier alpha value is -2.44. The summed E-state index contributed by atoms with van der Waals surface area (Å²) >= 11 is 0. The van der Waals surface area contributed by atoms with Crippen LogP contribution in [0.25, 0.3) is 0 Å². The number of hydrogen-bond donors (Lipinski definition) is 0. The topological polar surface area (TPSA) is 89.8 Å². The van der Waals surface area contributed by atoms with Gasteiger partial charge in [-0.3, -0.25) is 19.7 Å². The van der Waals surface area contributed by atoms with E-state index in [-0.39, 0.29) is 35.6 Å². The molecule has 1 aromatic rings. The molecule has 20 heavy (non-hydrogen) atoms. The van der Waals surface area contributed by atoms with Crippen LogP contribution in [0.15, 0.2) is 24.3 Å². The summed E-state index contributed by atoms with van der Waals surface area (Å²) in [5, 5.41) is 10.7. The fraction of sp³-hybridized carbons (Fsp3) is 0.385. The highest BCUT2D eigenvalue weighted by Crippen LogP contribution is 2.21. The standard InChI is InChI=1S/C13H14N2O5/c1-20-13(17)10-5-6-14(8-10)12(16)9-3-2-4-11(7-9)15(18)19/h2-4,7,10H,5-6,8H2,1H3. The summed E-state index contributed by atoms with van der Waals surface area (Å²) in [6.07, 6.45) is 0.549. The number of nitro benzene ring substituents is 1. The summed E-state index contributed by atoms with van der Waals surface area (Å²) in [7, 11) is 1.31. The lowest BCUT2D eigenvalue weighted by molar-refractivity contribution is -0.384. The first-order valence-corrected chi connectivity index (χ1v) is 6.14. The lowest BCUT2D eigenvalue weighted by Crippen LogP contribution is -2.30. The number of carbonyl (C=O) groups excluding carboxylic acids is 2. The molecule has 0 spiro atoms. The number of likely N-dealkylation sites (tertiary alicyclic amines) is 1. The molecule has 1 atom stereocenters. The molecule has 2 rings (SSSR count). The zero-order valence-corrected chi connectivity index (χ0v) is 10.9.